The van der Waals surface area contributed by atoms with E-state index in [9.17, 15) is 30.1 Å². The summed E-state index contributed by atoms with van der Waals surface area (Å²) in [5.41, 5.74) is -0.138. The number of non-ortho nitro benzene ring substituents is 1. The van der Waals surface area contributed by atoms with Gasteiger partial charge in [-0.05, 0) is 11.8 Å². The molecular formula is C22H13N3O7S. The number of benzene rings is 3. The normalized spacial score (nSPS) is 10.7. The maximum Gasteiger partial charge on any atom is 0.337 e. The zero-order chi connectivity index (χ0) is 23.5. The molecule has 1 aromatic heterocycles. The van der Waals surface area contributed by atoms with E-state index in [-0.39, 0.29) is 10.1 Å². The predicted molar refractivity (Wildman–Crippen MR) is 118 cm³/mol. The molecule has 0 saturated heterocycles. The van der Waals surface area contributed by atoms with Crippen LogP contribution < -0.4 is 0 Å². The molecule has 0 aliphatic rings. The van der Waals surface area contributed by atoms with E-state index in [1.807, 2.05) is 48.5 Å². The number of aromatic nitrogens is 1. The van der Waals surface area contributed by atoms with Crippen LogP contribution in [0.2, 0.25) is 0 Å². The monoisotopic (exact) mass is 463 g/mol. The lowest BCUT2D eigenvalue weighted by atomic mass is 10.1. The first kappa shape index (κ1) is 21.7. The molecule has 164 valence electrons. The van der Waals surface area contributed by atoms with Gasteiger partial charge in [0.1, 0.15) is 10.6 Å². The molecule has 0 fully saturated rings. The Hall–Kier alpha value is -4.51. The maximum absolute atomic E-state index is 11.8. The van der Waals surface area contributed by atoms with Crippen LogP contribution in [0.15, 0.2) is 87.3 Å². The summed E-state index contributed by atoms with van der Waals surface area (Å²) in [6, 6.07) is 19.6. The number of oxazole rings is 1. The average molecular weight is 463 g/mol. The molecule has 4 rings (SSSR count). The molecule has 1 heterocycles. The lowest BCUT2D eigenvalue weighted by Crippen LogP contribution is -2.04. The minimum absolute atomic E-state index is 0.0489. The molecule has 33 heavy (non-hydrogen) atoms. The van der Waals surface area contributed by atoms with Crippen LogP contribution in [0.4, 0.5) is 11.4 Å². The third-order valence-corrected chi connectivity index (χ3v) is 5.55. The van der Waals surface area contributed by atoms with Crippen molar-refractivity contribution < 1.29 is 24.2 Å². The number of carboxylic acid groups (broad SMARTS) is 1. The van der Waals surface area contributed by atoms with E-state index in [2.05, 4.69) is 4.98 Å². The highest BCUT2D eigenvalue weighted by Crippen LogP contribution is 2.43. The fourth-order valence-corrected chi connectivity index (χ4v) is 4.04. The maximum atomic E-state index is 11.8. The van der Waals surface area contributed by atoms with Gasteiger partial charge in [0.25, 0.3) is 16.6 Å². The second kappa shape index (κ2) is 8.93. The molecule has 0 atom stereocenters. The van der Waals surface area contributed by atoms with Gasteiger partial charge in [-0.2, -0.15) is 0 Å². The molecule has 0 radical (unpaired) electrons. The van der Waals surface area contributed by atoms with Gasteiger partial charge in [0.2, 0.25) is 0 Å². The van der Waals surface area contributed by atoms with Crippen LogP contribution in [-0.4, -0.2) is 25.9 Å². The first-order chi connectivity index (χ1) is 15.8. The summed E-state index contributed by atoms with van der Waals surface area (Å²) in [4.78, 5) is 36.9. The number of carboxylic acids is 1. The number of carbonyl (C=O) groups is 1. The third-order valence-electron chi connectivity index (χ3n) is 4.57. The molecule has 0 aliphatic carbocycles. The summed E-state index contributed by atoms with van der Waals surface area (Å²) in [7, 11) is 0. The molecule has 3 aromatic carbocycles. The Balaban J connectivity index is 1.88. The van der Waals surface area contributed by atoms with Crippen LogP contribution in [0.1, 0.15) is 10.4 Å². The second-order valence-electron chi connectivity index (χ2n) is 6.65. The molecule has 0 bridgehead atoms. The molecule has 0 saturated carbocycles. The minimum atomic E-state index is -1.55. The Morgan fingerprint density at radius 1 is 0.909 bits per heavy atom. The standard InChI is InChI=1S/C22H13N3O7S/c26-21(27)16-11-15(24(28)29)12-17(25(30)31)20(16)33-22-23-18(13-7-3-1-4-8-13)19(32-22)14-9-5-2-6-10-14/h1-12H,(H,26,27). The van der Waals surface area contributed by atoms with Gasteiger partial charge in [-0.15, -0.1) is 0 Å². The van der Waals surface area contributed by atoms with E-state index < -0.39 is 32.8 Å². The van der Waals surface area contributed by atoms with E-state index in [0.717, 1.165) is 11.6 Å². The van der Waals surface area contributed by atoms with E-state index >= 15 is 0 Å². The highest BCUT2D eigenvalue weighted by atomic mass is 32.2. The van der Waals surface area contributed by atoms with Crippen LogP contribution >= 0.6 is 11.8 Å². The number of hydrogen-bond acceptors (Lipinski definition) is 8. The fraction of sp³-hybridized carbons (Fsp3) is 0. The Kier molecular flexibility index (Phi) is 5.87. The van der Waals surface area contributed by atoms with Gasteiger partial charge < -0.3 is 9.52 Å². The molecule has 0 amide bonds. The number of aromatic carboxylic acids is 1. The van der Waals surface area contributed by atoms with E-state index in [1.54, 1.807) is 12.1 Å². The molecule has 10 nitrogen and oxygen atoms in total. The zero-order valence-electron chi connectivity index (χ0n) is 16.6. The Morgan fingerprint density at radius 2 is 1.52 bits per heavy atom. The summed E-state index contributed by atoms with van der Waals surface area (Å²) < 4.78 is 5.91. The van der Waals surface area contributed by atoms with Crippen molar-refractivity contribution in [2.45, 2.75) is 10.1 Å². The third kappa shape index (κ3) is 4.43. The summed E-state index contributed by atoms with van der Waals surface area (Å²) in [6.45, 7) is 0. The Bertz CT molecular complexity index is 1280. The van der Waals surface area contributed by atoms with Crippen molar-refractivity contribution >= 4 is 29.1 Å². The molecular weight excluding hydrogens is 450 g/mol. The molecule has 11 heteroatoms. The van der Waals surface area contributed by atoms with Crippen LogP contribution in [0.5, 0.6) is 0 Å². The average Bonchev–Trinajstić information content (AvgIpc) is 3.23. The fourth-order valence-electron chi connectivity index (χ4n) is 3.11. The number of nitrogens with zero attached hydrogens (tertiary/aromatic N) is 3. The second-order valence-corrected chi connectivity index (χ2v) is 7.61. The molecule has 1 N–H and O–H groups in total. The zero-order valence-corrected chi connectivity index (χ0v) is 17.4. The Morgan fingerprint density at radius 3 is 2.06 bits per heavy atom. The van der Waals surface area contributed by atoms with Crippen LogP contribution in [0, 0.1) is 20.2 Å². The number of hydrogen-bond donors (Lipinski definition) is 1. The van der Waals surface area contributed by atoms with Crippen molar-refractivity contribution in [1.82, 2.24) is 4.98 Å². The summed E-state index contributed by atoms with van der Waals surface area (Å²) in [5, 5.41) is 32.3. The van der Waals surface area contributed by atoms with E-state index in [4.69, 9.17) is 4.42 Å². The van der Waals surface area contributed by atoms with Gasteiger partial charge >= 0.3 is 5.97 Å². The van der Waals surface area contributed by atoms with Crippen molar-refractivity contribution in [3.8, 4) is 22.6 Å². The van der Waals surface area contributed by atoms with Crippen molar-refractivity contribution in [2.24, 2.45) is 0 Å². The number of rotatable bonds is 7. The van der Waals surface area contributed by atoms with Gasteiger partial charge in [0.15, 0.2) is 5.76 Å². The number of nitro benzene ring substituents is 2. The van der Waals surface area contributed by atoms with Crippen LogP contribution in [0.25, 0.3) is 22.6 Å². The van der Waals surface area contributed by atoms with Gasteiger partial charge in [-0.25, -0.2) is 9.78 Å². The minimum Gasteiger partial charge on any atom is -0.478 e. The predicted octanol–water partition coefficient (Wildman–Crippen LogP) is 5.67. The van der Waals surface area contributed by atoms with Crippen molar-refractivity contribution in [1.29, 1.82) is 0 Å². The van der Waals surface area contributed by atoms with Crippen molar-refractivity contribution in [3.05, 3.63) is 98.6 Å². The summed E-state index contributed by atoms with van der Waals surface area (Å²) >= 11 is 0.619. The summed E-state index contributed by atoms with van der Waals surface area (Å²) in [6.07, 6.45) is 0. The smallest absolute Gasteiger partial charge is 0.337 e. The highest BCUT2D eigenvalue weighted by molar-refractivity contribution is 7.99. The Labute approximate surface area is 189 Å². The lowest BCUT2D eigenvalue weighted by molar-refractivity contribution is -0.396. The topological polar surface area (TPSA) is 150 Å². The first-order valence-electron chi connectivity index (χ1n) is 9.35. The van der Waals surface area contributed by atoms with Gasteiger partial charge in [0.05, 0.1) is 21.5 Å². The largest absolute Gasteiger partial charge is 0.478 e. The van der Waals surface area contributed by atoms with Crippen LogP contribution in [0.3, 0.4) is 0 Å². The first-order valence-corrected chi connectivity index (χ1v) is 10.2. The molecule has 4 aromatic rings. The van der Waals surface area contributed by atoms with E-state index in [0.29, 0.717) is 34.8 Å². The van der Waals surface area contributed by atoms with Gasteiger partial charge in [0, 0.05) is 17.2 Å². The molecule has 0 unspecified atom stereocenters. The van der Waals surface area contributed by atoms with Crippen LogP contribution in [-0.2, 0) is 0 Å². The van der Waals surface area contributed by atoms with Gasteiger partial charge in [-0.1, -0.05) is 60.7 Å². The summed E-state index contributed by atoms with van der Waals surface area (Å²) in [5.74, 6) is -1.16. The van der Waals surface area contributed by atoms with E-state index in [1.165, 1.54) is 0 Å². The quantitative estimate of drug-likeness (QED) is 0.270. The lowest BCUT2D eigenvalue weighted by Gasteiger charge is -2.05. The molecule has 0 spiro atoms. The van der Waals surface area contributed by atoms with Crippen molar-refractivity contribution in [2.75, 3.05) is 0 Å². The van der Waals surface area contributed by atoms with Crippen molar-refractivity contribution in [3.63, 3.8) is 0 Å². The number of nitro groups is 2. The SMILES string of the molecule is O=C(O)c1cc([N+](=O)[O-])cc([N+](=O)[O-])c1Sc1nc(-c2ccccc2)c(-c2ccccc2)o1. The molecule has 0 aliphatic heterocycles. The highest BCUT2D eigenvalue weighted by Gasteiger charge is 2.30. The van der Waals surface area contributed by atoms with Gasteiger partial charge in [-0.3, -0.25) is 20.2 Å².